The van der Waals surface area contributed by atoms with Gasteiger partial charge < -0.3 is 14.8 Å². The summed E-state index contributed by atoms with van der Waals surface area (Å²) >= 11 is 0. The first kappa shape index (κ1) is 17.9. The van der Waals surface area contributed by atoms with Crippen molar-refractivity contribution in [2.75, 3.05) is 19.8 Å². The second-order valence-corrected chi connectivity index (χ2v) is 6.81. The smallest absolute Gasteiger partial charge is 0.317 e. The average Bonchev–Trinajstić information content (AvgIpc) is 3.30. The van der Waals surface area contributed by atoms with Gasteiger partial charge in [0.2, 0.25) is 0 Å². The average molecular weight is 349 g/mol. The van der Waals surface area contributed by atoms with Crippen molar-refractivity contribution in [2.45, 2.75) is 50.0 Å². The van der Waals surface area contributed by atoms with Gasteiger partial charge in [0.1, 0.15) is 5.82 Å². The molecule has 2 fully saturated rings. The van der Waals surface area contributed by atoms with E-state index in [1.807, 2.05) is 0 Å². The molecule has 1 heterocycles. The summed E-state index contributed by atoms with van der Waals surface area (Å²) in [6.07, 6.45) is 5.00. The zero-order valence-electron chi connectivity index (χ0n) is 14.3. The molecule has 1 N–H and O–H groups in total. The predicted molar refractivity (Wildman–Crippen MR) is 89.5 cm³/mol. The van der Waals surface area contributed by atoms with Crippen molar-refractivity contribution in [2.24, 2.45) is 0 Å². The number of ether oxygens (including phenoxy) is 2. The minimum Gasteiger partial charge on any atom is -0.455 e. The Hall–Kier alpha value is -1.95. The van der Waals surface area contributed by atoms with Crippen molar-refractivity contribution < 1.29 is 23.5 Å². The maximum Gasteiger partial charge on any atom is 0.317 e. The van der Waals surface area contributed by atoms with Crippen LogP contribution in [0.2, 0.25) is 0 Å². The van der Waals surface area contributed by atoms with Crippen LogP contribution < -0.4 is 5.32 Å². The molecule has 1 aliphatic carbocycles. The summed E-state index contributed by atoms with van der Waals surface area (Å²) < 4.78 is 24.3. The molecule has 1 atom stereocenters. The highest BCUT2D eigenvalue weighted by Crippen LogP contribution is 2.42. The van der Waals surface area contributed by atoms with Crippen LogP contribution >= 0.6 is 0 Å². The standard InChI is InChI=1S/C19H24FNO4/c20-15-6-3-5-14(11-15)19(8-1-2-9-19)18(23)25-13-17(22)21-12-16-7-4-10-24-16/h3,5-6,11,16H,1-2,4,7-10,12-13H2,(H,21,22). The van der Waals surface area contributed by atoms with E-state index < -0.39 is 11.4 Å². The van der Waals surface area contributed by atoms with Gasteiger partial charge in [0, 0.05) is 13.2 Å². The minimum atomic E-state index is -0.836. The molecule has 0 aromatic heterocycles. The summed E-state index contributed by atoms with van der Waals surface area (Å²) in [4.78, 5) is 24.6. The van der Waals surface area contributed by atoms with Crippen LogP contribution in [-0.4, -0.2) is 37.7 Å². The summed E-state index contributed by atoms with van der Waals surface area (Å²) in [5.41, 5.74) is -0.202. The van der Waals surface area contributed by atoms with E-state index >= 15 is 0 Å². The number of hydrogen-bond donors (Lipinski definition) is 1. The second-order valence-electron chi connectivity index (χ2n) is 6.81. The van der Waals surface area contributed by atoms with E-state index in [1.165, 1.54) is 12.1 Å². The van der Waals surface area contributed by atoms with E-state index in [4.69, 9.17) is 9.47 Å². The Labute approximate surface area is 146 Å². The van der Waals surface area contributed by atoms with Crippen LogP contribution in [0.3, 0.4) is 0 Å². The molecular weight excluding hydrogens is 325 g/mol. The zero-order chi connectivity index (χ0) is 17.7. The minimum absolute atomic E-state index is 0.0492. The number of halogens is 1. The Kier molecular flexibility index (Phi) is 5.68. The molecular formula is C19H24FNO4. The molecule has 0 spiro atoms. The summed E-state index contributed by atoms with van der Waals surface area (Å²) in [5, 5.41) is 2.73. The van der Waals surface area contributed by atoms with Crippen molar-refractivity contribution in [1.82, 2.24) is 5.32 Å². The molecule has 0 radical (unpaired) electrons. The molecule has 1 unspecified atom stereocenters. The number of carbonyl (C=O) groups excluding carboxylic acids is 2. The van der Waals surface area contributed by atoms with Crippen LogP contribution in [0.4, 0.5) is 4.39 Å². The van der Waals surface area contributed by atoms with E-state index in [0.29, 0.717) is 24.9 Å². The third-order valence-corrected chi connectivity index (χ3v) is 5.11. The van der Waals surface area contributed by atoms with Gasteiger partial charge in [-0.2, -0.15) is 0 Å². The SMILES string of the molecule is O=C(COC(=O)C1(c2cccc(F)c2)CCCC1)NCC1CCCO1. The van der Waals surface area contributed by atoms with E-state index in [9.17, 15) is 14.0 Å². The summed E-state index contributed by atoms with van der Waals surface area (Å²) in [6, 6.07) is 6.11. The molecule has 2 aliphatic rings. The van der Waals surface area contributed by atoms with E-state index in [1.54, 1.807) is 12.1 Å². The van der Waals surface area contributed by atoms with E-state index in [2.05, 4.69) is 5.32 Å². The Balaban J connectivity index is 1.57. The van der Waals surface area contributed by atoms with Gasteiger partial charge in [-0.1, -0.05) is 25.0 Å². The molecule has 5 nitrogen and oxygen atoms in total. The maximum atomic E-state index is 13.6. The van der Waals surface area contributed by atoms with Gasteiger partial charge in [0.25, 0.3) is 5.91 Å². The zero-order valence-corrected chi connectivity index (χ0v) is 14.3. The van der Waals surface area contributed by atoms with Crippen LogP contribution in [0.1, 0.15) is 44.1 Å². The highest BCUT2D eigenvalue weighted by molar-refractivity contribution is 5.86. The van der Waals surface area contributed by atoms with Crippen molar-refractivity contribution in [3.05, 3.63) is 35.6 Å². The molecule has 1 saturated carbocycles. The lowest BCUT2D eigenvalue weighted by molar-refractivity contribution is -0.154. The number of hydrogen-bond acceptors (Lipinski definition) is 4. The third-order valence-electron chi connectivity index (χ3n) is 5.11. The van der Waals surface area contributed by atoms with Crippen molar-refractivity contribution in [3.8, 4) is 0 Å². The quantitative estimate of drug-likeness (QED) is 0.802. The number of benzene rings is 1. The lowest BCUT2D eigenvalue weighted by Crippen LogP contribution is -2.39. The molecule has 1 aliphatic heterocycles. The first-order valence-electron chi connectivity index (χ1n) is 8.92. The van der Waals surface area contributed by atoms with Crippen LogP contribution in [0.5, 0.6) is 0 Å². The topological polar surface area (TPSA) is 64.6 Å². The third kappa shape index (κ3) is 4.18. The van der Waals surface area contributed by atoms with Gasteiger partial charge in [-0.25, -0.2) is 4.39 Å². The Morgan fingerprint density at radius 2 is 2.08 bits per heavy atom. The van der Waals surface area contributed by atoms with Crippen LogP contribution in [-0.2, 0) is 24.5 Å². The molecule has 6 heteroatoms. The molecule has 1 saturated heterocycles. The predicted octanol–water partition coefficient (Wildman–Crippen LogP) is 2.48. The molecule has 3 rings (SSSR count). The summed E-state index contributed by atoms with van der Waals surface area (Å²) in [6.45, 7) is 0.847. The monoisotopic (exact) mass is 349 g/mol. The number of esters is 1. The van der Waals surface area contributed by atoms with Gasteiger partial charge in [-0.05, 0) is 43.4 Å². The Bertz CT molecular complexity index is 622. The summed E-state index contributed by atoms with van der Waals surface area (Å²) in [5.74, 6) is -1.15. The lowest BCUT2D eigenvalue weighted by atomic mass is 9.79. The van der Waals surface area contributed by atoms with Gasteiger partial charge in [-0.3, -0.25) is 9.59 Å². The van der Waals surface area contributed by atoms with Crippen molar-refractivity contribution in [1.29, 1.82) is 0 Å². The number of rotatable bonds is 6. The van der Waals surface area contributed by atoms with E-state index in [0.717, 1.165) is 32.3 Å². The Morgan fingerprint density at radius 3 is 2.76 bits per heavy atom. The normalized spacial score (nSPS) is 21.9. The maximum absolute atomic E-state index is 13.6. The first-order chi connectivity index (χ1) is 12.1. The Morgan fingerprint density at radius 1 is 1.28 bits per heavy atom. The fourth-order valence-corrected chi connectivity index (χ4v) is 3.73. The van der Waals surface area contributed by atoms with Gasteiger partial charge >= 0.3 is 5.97 Å². The first-order valence-corrected chi connectivity index (χ1v) is 8.92. The largest absolute Gasteiger partial charge is 0.455 e. The highest BCUT2D eigenvalue weighted by atomic mass is 19.1. The van der Waals surface area contributed by atoms with Crippen LogP contribution in [0, 0.1) is 5.82 Å². The molecule has 0 bridgehead atoms. The number of carbonyl (C=O) groups is 2. The van der Waals surface area contributed by atoms with Crippen LogP contribution in [0.25, 0.3) is 0 Å². The van der Waals surface area contributed by atoms with Crippen LogP contribution in [0.15, 0.2) is 24.3 Å². The fourth-order valence-electron chi connectivity index (χ4n) is 3.73. The molecule has 1 aromatic rings. The van der Waals surface area contributed by atoms with Gasteiger partial charge in [-0.15, -0.1) is 0 Å². The van der Waals surface area contributed by atoms with Crippen molar-refractivity contribution in [3.63, 3.8) is 0 Å². The van der Waals surface area contributed by atoms with E-state index in [-0.39, 0.29) is 24.4 Å². The second kappa shape index (κ2) is 7.95. The molecule has 136 valence electrons. The highest BCUT2D eigenvalue weighted by Gasteiger charge is 2.44. The summed E-state index contributed by atoms with van der Waals surface area (Å²) in [7, 11) is 0. The number of nitrogens with one attached hydrogen (secondary N) is 1. The van der Waals surface area contributed by atoms with Crippen molar-refractivity contribution >= 4 is 11.9 Å². The molecule has 25 heavy (non-hydrogen) atoms. The molecule has 1 amide bonds. The van der Waals surface area contributed by atoms with Gasteiger partial charge in [0.15, 0.2) is 6.61 Å². The number of amides is 1. The molecule has 1 aromatic carbocycles. The van der Waals surface area contributed by atoms with Gasteiger partial charge in [0.05, 0.1) is 11.5 Å². The lowest BCUT2D eigenvalue weighted by Gasteiger charge is -2.27. The fraction of sp³-hybridized carbons (Fsp3) is 0.579.